The average molecular weight is 274 g/mol. The highest BCUT2D eigenvalue weighted by atomic mass is 19.1. The molecule has 0 saturated carbocycles. The van der Waals surface area contributed by atoms with Crippen LogP contribution in [-0.4, -0.2) is 11.6 Å². The van der Waals surface area contributed by atoms with Gasteiger partial charge in [-0.2, -0.15) is 0 Å². The van der Waals surface area contributed by atoms with E-state index in [0.717, 1.165) is 12.8 Å². The molecule has 4 heteroatoms. The van der Waals surface area contributed by atoms with Crippen LogP contribution in [0.25, 0.3) is 0 Å². The molecule has 0 bridgehead atoms. The van der Waals surface area contributed by atoms with Crippen LogP contribution in [0.4, 0.5) is 4.39 Å². The molecule has 0 spiro atoms. The van der Waals surface area contributed by atoms with E-state index in [1.165, 1.54) is 11.6 Å². The molecule has 20 heavy (non-hydrogen) atoms. The summed E-state index contributed by atoms with van der Waals surface area (Å²) in [6, 6.07) is 8.53. The van der Waals surface area contributed by atoms with Crippen LogP contribution >= 0.6 is 0 Å². The lowest BCUT2D eigenvalue weighted by molar-refractivity contribution is 0.291. The van der Waals surface area contributed by atoms with Crippen molar-refractivity contribution in [3.63, 3.8) is 0 Å². The Morgan fingerprint density at radius 2 is 2.00 bits per heavy atom. The molecule has 1 unspecified atom stereocenters. The number of nitrogens with two attached hydrogens (primary N) is 1. The molecule has 0 radical (unpaired) electrons. The second kappa shape index (κ2) is 7.01. The topological polar surface area (TPSA) is 48.1 Å². The van der Waals surface area contributed by atoms with Gasteiger partial charge in [-0.15, -0.1) is 0 Å². The van der Waals surface area contributed by atoms with Crippen molar-refractivity contribution >= 4 is 0 Å². The third-order valence-electron chi connectivity index (χ3n) is 3.09. The fourth-order valence-electron chi connectivity index (χ4n) is 2.04. The van der Waals surface area contributed by atoms with E-state index >= 15 is 0 Å². The number of pyridine rings is 1. The second-order valence-electron chi connectivity index (χ2n) is 4.75. The number of nitrogens with zero attached hydrogens (tertiary/aromatic N) is 1. The molecule has 1 atom stereocenters. The molecule has 106 valence electrons. The van der Waals surface area contributed by atoms with E-state index in [1.807, 2.05) is 19.1 Å². The number of benzene rings is 1. The first-order valence-corrected chi connectivity index (χ1v) is 6.74. The molecule has 0 fully saturated rings. The molecule has 2 rings (SSSR count). The number of aromatic nitrogens is 1. The Morgan fingerprint density at radius 1 is 1.25 bits per heavy atom. The monoisotopic (exact) mass is 274 g/mol. The van der Waals surface area contributed by atoms with Gasteiger partial charge in [-0.1, -0.05) is 12.1 Å². The van der Waals surface area contributed by atoms with Crippen LogP contribution in [0.5, 0.6) is 5.75 Å². The lowest BCUT2D eigenvalue weighted by atomic mass is 10.1. The summed E-state index contributed by atoms with van der Waals surface area (Å²) >= 11 is 0. The molecular formula is C16H19FN2O. The minimum atomic E-state index is -0.358. The van der Waals surface area contributed by atoms with Gasteiger partial charge in [0, 0.05) is 24.0 Å². The summed E-state index contributed by atoms with van der Waals surface area (Å²) in [5.41, 5.74) is 7.73. The van der Waals surface area contributed by atoms with E-state index in [0.29, 0.717) is 12.2 Å². The summed E-state index contributed by atoms with van der Waals surface area (Å²) in [6.07, 6.45) is 5.23. The first kappa shape index (κ1) is 14.5. The molecule has 0 aliphatic heterocycles. The van der Waals surface area contributed by atoms with Crippen LogP contribution in [0.1, 0.15) is 30.5 Å². The van der Waals surface area contributed by atoms with Crippen LogP contribution in [0.15, 0.2) is 42.7 Å². The minimum absolute atomic E-state index is 0.249. The third-order valence-corrected chi connectivity index (χ3v) is 3.09. The van der Waals surface area contributed by atoms with Gasteiger partial charge in [0.1, 0.15) is 0 Å². The normalized spacial score (nSPS) is 12.2. The minimum Gasteiger partial charge on any atom is -0.490 e. The SMILES string of the molecule is CC(N)c1cccc(F)c1OCCCc1ccncc1. The quantitative estimate of drug-likeness (QED) is 0.823. The average Bonchev–Trinajstić information content (AvgIpc) is 2.45. The zero-order chi connectivity index (χ0) is 14.4. The van der Waals surface area contributed by atoms with Crippen molar-refractivity contribution in [1.29, 1.82) is 0 Å². The molecule has 1 aromatic carbocycles. The number of aryl methyl sites for hydroxylation is 1. The number of hydrogen-bond acceptors (Lipinski definition) is 3. The van der Waals surface area contributed by atoms with E-state index in [1.54, 1.807) is 24.5 Å². The van der Waals surface area contributed by atoms with Gasteiger partial charge in [-0.25, -0.2) is 4.39 Å². The fourth-order valence-corrected chi connectivity index (χ4v) is 2.04. The Morgan fingerprint density at radius 3 is 2.70 bits per heavy atom. The zero-order valence-electron chi connectivity index (χ0n) is 11.6. The summed E-state index contributed by atoms with van der Waals surface area (Å²) < 4.78 is 19.4. The van der Waals surface area contributed by atoms with Gasteiger partial charge in [0.2, 0.25) is 0 Å². The largest absolute Gasteiger partial charge is 0.490 e. The van der Waals surface area contributed by atoms with Crippen LogP contribution in [0, 0.1) is 5.82 Å². The van der Waals surface area contributed by atoms with Gasteiger partial charge in [0.15, 0.2) is 11.6 Å². The standard InChI is InChI=1S/C16H19FN2O/c1-12(18)14-5-2-6-15(17)16(14)20-11-3-4-13-7-9-19-10-8-13/h2,5-10,12H,3-4,11,18H2,1H3. The van der Waals surface area contributed by atoms with Crippen LogP contribution in [0.2, 0.25) is 0 Å². The molecule has 0 aliphatic carbocycles. The summed E-state index contributed by atoms with van der Waals surface area (Å²) in [7, 11) is 0. The van der Waals surface area contributed by atoms with Gasteiger partial charge in [-0.05, 0) is 43.5 Å². The molecule has 0 saturated heterocycles. The molecule has 2 N–H and O–H groups in total. The van der Waals surface area contributed by atoms with E-state index in [9.17, 15) is 4.39 Å². The highest BCUT2D eigenvalue weighted by Crippen LogP contribution is 2.27. The van der Waals surface area contributed by atoms with Crippen molar-refractivity contribution in [2.24, 2.45) is 5.73 Å². The summed E-state index contributed by atoms with van der Waals surface area (Å²) in [6.45, 7) is 2.28. The van der Waals surface area contributed by atoms with Crippen LogP contribution < -0.4 is 10.5 Å². The van der Waals surface area contributed by atoms with Gasteiger partial charge < -0.3 is 10.5 Å². The second-order valence-corrected chi connectivity index (χ2v) is 4.75. The van der Waals surface area contributed by atoms with Crippen LogP contribution in [0.3, 0.4) is 0 Å². The Kier molecular flexibility index (Phi) is 5.07. The van der Waals surface area contributed by atoms with Crippen molar-refractivity contribution in [3.05, 3.63) is 59.7 Å². The van der Waals surface area contributed by atoms with Crippen molar-refractivity contribution < 1.29 is 9.13 Å². The first-order valence-electron chi connectivity index (χ1n) is 6.74. The molecular weight excluding hydrogens is 255 g/mol. The summed E-state index contributed by atoms with van der Waals surface area (Å²) in [5.74, 6) is -0.0825. The Labute approximate surface area is 118 Å². The zero-order valence-corrected chi connectivity index (χ0v) is 11.6. The van der Waals surface area contributed by atoms with Crippen molar-refractivity contribution in [3.8, 4) is 5.75 Å². The third kappa shape index (κ3) is 3.78. The number of hydrogen-bond donors (Lipinski definition) is 1. The molecule has 1 aromatic heterocycles. The summed E-state index contributed by atoms with van der Waals surface area (Å²) in [5, 5.41) is 0. The summed E-state index contributed by atoms with van der Waals surface area (Å²) in [4.78, 5) is 3.97. The lowest BCUT2D eigenvalue weighted by Gasteiger charge is -2.14. The van der Waals surface area contributed by atoms with E-state index < -0.39 is 0 Å². The van der Waals surface area contributed by atoms with Crippen molar-refractivity contribution in [2.75, 3.05) is 6.61 Å². The highest BCUT2D eigenvalue weighted by Gasteiger charge is 2.12. The van der Waals surface area contributed by atoms with Gasteiger partial charge in [0.05, 0.1) is 6.61 Å². The molecule has 3 nitrogen and oxygen atoms in total. The van der Waals surface area contributed by atoms with E-state index in [4.69, 9.17) is 10.5 Å². The fraction of sp³-hybridized carbons (Fsp3) is 0.312. The number of para-hydroxylation sites is 1. The Balaban J connectivity index is 1.91. The van der Waals surface area contributed by atoms with E-state index in [2.05, 4.69) is 4.98 Å². The Hall–Kier alpha value is -1.94. The smallest absolute Gasteiger partial charge is 0.165 e. The maximum atomic E-state index is 13.8. The molecule has 0 amide bonds. The highest BCUT2D eigenvalue weighted by molar-refractivity contribution is 5.36. The van der Waals surface area contributed by atoms with Gasteiger partial charge in [-0.3, -0.25) is 4.98 Å². The number of halogens is 1. The molecule has 0 aliphatic rings. The lowest BCUT2D eigenvalue weighted by Crippen LogP contribution is -2.10. The van der Waals surface area contributed by atoms with Crippen LogP contribution in [-0.2, 0) is 6.42 Å². The van der Waals surface area contributed by atoms with Crippen molar-refractivity contribution in [1.82, 2.24) is 4.98 Å². The molecule has 1 heterocycles. The van der Waals surface area contributed by atoms with Gasteiger partial charge >= 0.3 is 0 Å². The number of ether oxygens (including phenoxy) is 1. The molecule has 2 aromatic rings. The van der Waals surface area contributed by atoms with Gasteiger partial charge in [0.25, 0.3) is 0 Å². The Bertz CT molecular complexity index is 543. The predicted octanol–water partition coefficient (Wildman–Crippen LogP) is 3.25. The van der Waals surface area contributed by atoms with Crippen molar-refractivity contribution in [2.45, 2.75) is 25.8 Å². The maximum absolute atomic E-state index is 13.8. The first-order chi connectivity index (χ1) is 9.68. The number of rotatable bonds is 6. The maximum Gasteiger partial charge on any atom is 0.165 e. The van der Waals surface area contributed by atoms with E-state index in [-0.39, 0.29) is 17.6 Å². The predicted molar refractivity (Wildman–Crippen MR) is 77.1 cm³/mol.